The van der Waals surface area contributed by atoms with Gasteiger partial charge in [0.1, 0.15) is 5.82 Å². The van der Waals surface area contributed by atoms with Gasteiger partial charge in [0.2, 0.25) is 5.91 Å². The molecular formula is C17H21FN2O2. The number of benzene rings is 1. The van der Waals surface area contributed by atoms with E-state index in [1.165, 1.54) is 12.3 Å². The van der Waals surface area contributed by atoms with Gasteiger partial charge in [0.15, 0.2) is 11.7 Å². The molecule has 0 unspecified atom stereocenters. The topological polar surface area (TPSA) is 46.3 Å². The van der Waals surface area contributed by atoms with Gasteiger partial charge in [-0.25, -0.2) is 9.37 Å². The first kappa shape index (κ1) is 16.2. The van der Waals surface area contributed by atoms with Crippen LogP contribution in [-0.2, 0) is 11.2 Å². The zero-order valence-electron chi connectivity index (χ0n) is 13.2. The van der Waals surface area contributed by atoms with E-state index in [-0.39, 0.29) is 11.7 Å². The lowest BCUT2D eigenvalue weighted by molar-refractivity contribution is -0.130. The van der Waals surface area contributed by atoms with Crippen molar-refractivity contribution in [2.24, 2.45) is 5.92 Å². The van der Waals surface area contributed by atoms with Crippen LogP contribution in [0.4, 0.5) is 4.39 Å². The van der Waals surface area contributed by atoms with Gasteiger partial charge in [-0.1, -0.05) is 26.0 Å². The van der Waals surface area contributed by atoms with Crippen molar-refractivity contribution >= 4 is 5.91 Å². The maximum absolute atomic E-state index is 13.7. The lowest BCUT2D eigenvalue weighted by Crippen LogP contribution is -2.30. The minimum Gasteiger partial charge on any atom is -0.441 e. The minimum atomic E-state index is -0.349. The summed E-state index contributed by atoms with van der Waals surface area (Å²) in [6.45, 7) is 4.86. The molecule has 0 radical (unpaired) electrons. The van der Waals surface area contributed by atoms with Crippen molar-refractivity contribution in [1.82, 2.24) is 9.88 Å². The summed E-state index contributed by atoms with van der Waals surface area (Å²) in [6, 6.07) is 6.38. The fraction of sp³-hybridized carbons (Fsp3) is 0.412. The smallest absolute Gasteiger partial charge is 0.222 e. The Bertz CT molecular complexity index is 637. The molecule has 0 aliphatic rings. The number of aryl methyl sites for hydroxylation is 1. The normalized spacial score (nSPS) is 11.0. The van der Waals surface area contributed by atoms with Crippen LogP contribution < -0.4 is 0 Å². The SMILES string of the molecule is CC(C)CN(C)C(=O)CCc1ncc(-c2ccccc2F)o1. The molecule has 1 heterocycles. The van der Waals surface area contributed by atoms with Crippen molar-refractivity contribution in [3.8, 4) is 11.3 Å². The third kappa shape index (κ3) is 4.16. The van der Waals surface area contributed by atoms with Gasteiger partial charge in [-0.2, -0.15) is 0 Å². The predicted molar refractivity (Wildman–Crippen MR) is 82.7 cm³/mol. The highest BCUT2D eigenvalue weighted by molar-refractivity contribution is 5.76. The third-order valence-electron chi connectivity index (χ3n) is 3.31. The molecule has 1 amide bonds. The molecule has 0 bridgehead atoms. The average Bonchev–Trinajstić information content (AvgIpc) is 2.93. The van der Waals surface area contributed by atoms with Gasteiger partial charge in [-0.15, -0.1) is 0 Å². The summed E-state index contributed by atoms with van der Waals surface area (Å²) >= 11 is 0. The van der Waals surface area contributed by atoms with E-state index < -0.39 is 0 Å². The first-order valence-corrected chi connectivity index (χ1v) is 7.41. The van der Waals surface area contributed by atoms with Crippen LogP contribution in [0.15, 0.2) is 34.9 Å². The maximum Gasteiger partial charge on any atom is 0.222 e. The molecule has 2 rings (SSSR count). The van der Waals surface area contributed by atoms with Gasteiger partial charge < -0.3 is 9.32 Å². The molecule has 0 aliphatic carbocycles. The minimum absolute atomic E-state index is 0.0549. The summed E-state index contributed by atoms with van der Waals surface area (Å²) in [7, 11) is 1.79. The molecule has 1 aromatic carbocycles. The molecule has 0 spiro atoms. The largest absolute Gasteiger partial charge is 0.441 e. The van der Waals surface area contributed by atoms with E-state index in [1.54, 1.807) is 30.1 Å². The number of halogens is 1. The maximum atomic E-state index is 13.7. The van der Waals surface area contributed by atoms with E-state index >= 15 is 0 Å². The van der Waals surface area contributed by atoms with Crippen LogP contribution in [0.1, 0.15) is 26.2 Å². The highest BCUT2D eigenvalue weighted by Crippen LogP contribution is 2.23. The average molecular weight is 304 g/mol. The summed E-state index contributed by atoms with van der Waals surface area (Å²) in [5.74, 6) is 0.973. The second-order valence-corrected chi connectivity index (χ2v) is 5.77. The molecule has 0 fully saturated rings. The van der Waals surface area contributed by atoms with E-state index in [1.807, 2.05) is 0 Å². The summed E-state index contributed by atoms with van der Waals surface area (Å²) < 4.78 is 19.2. The molecule has 2 aromatic rings. The van der Waals surface area contributed by atoms with Crippen molar-refractivity contribution in [2.75, 3.05) is 13.6 Å². The van der Waals surface area contributed by atoms with Gasteiger partial charge in [-0.05, 0) is 18.1 Å². The van der Waals surface area contributed by atoms with Crippen LogP contribution in [0.5, 0.6) is 0 Å². The van der Waals surface area contributed by atoms with E-state index in [4.69, 9.17) is 4.42 Å². The van der Waals surface area contributed by atoms with Crippen LogP contribution in [-0.4, -0.2) is 29.4 Å². The Morgan fingerprint density at radius 1 is 1.36 bits per heavy atom. The zero-order valence-corrected chi connectivity index (χ0v) is 13.2. The molecule has 118 valence electrons. The van der Waals surface area contributed by atoms with Crippen LogP contribution in [0, 0.1) is 11.7 Å². The van der Waals surface area contributed by atoms with Gasteiger partial charge in [0.05, 0.1) is 11.8 Å². The Kier molecular flexibility index (Phi) is 5.31. The van der Waals surface area contributed by atoms with E-state index in [0.29, 0.717) is 36.0 Å². The first-order chi connectivity index (χ1) is 10.5. The van der Waals surface area contributed by atoms with Crippen molar-refractivity contribution in [3.63, 3.8) is 0 Å². The number of carbonyl (C=O) groups excluding carboxylic acids is 1. The van der Waals surface area contributed by atoms with Gasteiger partial charge in [0.25, 0.3) is 0 Å². The van der Waals surface area contributed by atoms with Crippen molar-refractivity contribution < 1.29 is 13.6 Å². The number of carbonyl (C=O) groups is 1. The lowest BCUT2D eigenvalue weighted by Gasteiger charge is -2.18. The standard InChI is InChI=1S/C17H21FN2O2/c1-12(2)11-20(3)17(21)9-8-16-19-10-15(22-16)13-6-4-5-7-14(13)18/h4-7,10,12H,8-9,11H2,1-3H3. The number of rotatable bonds is 6. The van der Waals surface area contributed by atoms with Crippen molar-refractivity contribution in [1.29, 1.82) is 0 Å². The number of amides is 1. The fourth-order valence-corrected chi connectivity index (χ4v) is 2.27. The van der Waals surface area contributed by atoms with Crippen molar-refractivity contribution in [2.45, 2.75) is 26.7 Å². The monoisotopic (exact) mass is 304 g/mol. The Morgan fingerprint density at radius 2 is 2.09 bits per heavy atom. The van der Waals surface area contributed by atoms with Crippen molar-refractivity contribution in [3.05, 3.63) is 42.2 Å². The number of hydrogen-bond acceptors (Lipinski definition) is 3. The predicted octanol–water partition coefficient (Wildman–Crippen LogP) is 3.53. The van der Waals surface area contributed by atoms with Crippen LogP contribution in [0.3, 0.4) is 0 Å². The first-order valence-electron chi connectivity index (χ1n) is 7.41. The highest BCUT2D eigenvalue weighted by atomic mass is 19.1. The van der Waals surface area contributed by atoms with Gasteiger partial charge in [0, 0.05) is 26.4 Å². The number of aromatic nitrogens is 1. The molecule has 0 atom stereocenters. The van der Waals surface area contributed by atoms with E-state index in [9.17, 15) is 9.18 Å². The molecule has 0 saturated heterocycles. The molecule has 0 N–H and O–H groups in total. The molecule has 22 heavy (non-hydrogen) atoms. The molecule has 0 aliphatic heterocycles. The number of hydrogen-bond donors (Lipinski definition) is 0. The van der Waals surface area contributed by atoms with E-state index in [0.717, 1.165) is 6.54 Å². The van der Waals surface area contributed by atoms with E-state index in [2.05, 4.69) is 18.8 Å². The van der Waals surface area contributed by atoms with Crippen LogP contribution in [0.2, 0.25) is 0 Å². The third-order valence-corrected chi connectivity index (χ3v) is 3.31. The Morgan fingerprint density at radius 3 is 2.77 bits per heavy atom. The summed E-state index contributed by atoms with van der Waals surface area (Å²) in [5.41, 5.74) is 0.379. The molecule has 5 heteroatoms. The molecule has 0 saturated carbocycles. The second-order valence-electron chi connectivity index (χ2n) is 5.77. The summed E-state index contributed by atoms with van der Waals surface area (Å²) in [6.07, 6.45) is 2.24. The Labute approximate surface area is 130 Å². The lowest BCUT2D eigenvalue weighted by atomic mass is 10.2. The summed E-state index contributed by atoms with van der Waals surface area (Å²) in [5, 5.41) is 0. The Balaban J connectivity index is 1.96. The highest BCUT2D eigenvalue weighted by Gasteiger charge is 2.14. The van der Waals surface area contributed by atoms with Gasteiger partial charge >= 0.3 is 0 Å². The molecular weight excluding hydrogens is 283 g/mol. The van der Waals surface area contributed by atoms with Gasteiger partial charge in [-0.3, -0.25) is 4.79 Å². The summed E-state index contributed by atoms with van der Waals surface area (Å²) in [4.78, 5) is 17.8. The second kappa shape index (κ2) is 7.20. The van der Waals surface area contributed by atoms with Crippen LogP contribution in [0.25, 0.3) is 11.3 Å². The Hall–Kier alpha value is -2.17. The number of oxazole rings is 1. The molecule has 1 aromatic heterocycles. The fourth-order valence-electron chi connectivity index (χ4n) is 2.27. The van der Waals surface area contributed by atoms with Crippen LogP contribution >= 0.6 is 0 Å². The zero-order chi connectivity index (χ0) is 16.1. The quantitative estimate of drug-likeness (QED) is 0.820. The molecule has 4 nitrogen and oxygen atoms in total. The number of nitrogens with zero attached hydrogens (tertiary/aromatic N) is 2.